The van der Waals surface area contributed by atoms with E-state index in [1.807, 2.05) is 0 Å². The van der Waals surface area contributed by atoms with Gasteiger partial charge in [-0.3, -0.25) is 9.48 Å². The van der Waals surface area contributed by atoms with E-state index in [2.05, 4.69) is 5.10 Å². The number of rotatable bonds is 3. The predicted molar refractivity (Wildman–Crippen MR) is 124 cm³/mol. The number of hydrogen-bond donors (Lipinski definition) is 0. The molecule has 1 atom stereocenters. The standard InChI is InChI=1S/C23H20ClF3N4O3S/c1-12-21-17(22(29(2)28-21)13-5-14(25)7-15(26)6-13)3-4-31(12)23(32)18-8-16(27)9-19(20(18)24)30-10-35(33,34)11-30/h5-9,12H,3-4,10-11H2,1-2H3. The van der Waals surface area contributed by atoms with Gasteiger partial charge in [-0.05, 0) is 37.6 Å². The molecule has 0 N–H and O–H groups in total. The van der Waals surface area contributed by atoms with E-state index < -0.39 is 39.2 Å². The minimum atomic E-state index is -3.24. The third-order valence-corrected chi connectivity index (χ3v) is 8.14. The molecule has 7 nitrogen and oxygen atoms in total. The van der Waals surface area contributed by atoms with Crippen molar-refractivity contribution in [1.29, 1.82) is 0 Å². The highest BCUT2D eigenvalue weighted by Crippen LogP contribution is 2.39. The van der Waals surface area contributed by atoms with E-state index in [9.17, 15) is 26.4 Å². The fourth-order valence-electron chi connectivity index (χ4n) is 4.76. The highest BCUT2D eigenvalue weighted by atomic mass is 35.5. The number of hydrogen-bond acceptors (Lipinski definition) is 5. The molecule has 2 aliphatic rings. The van der Waals surface area contributed by atoms with Crippen LogP contribution in [0.15, 0.2) is 30.3 Å². The van der Waals surface area contributed by atoms with Crippen LogP contribution in [0.5, 0.6) is 0 Å². The molecule has 35 heavy (non-hydrogen) atoms. The molecular formula is C23H20ClF3N4O3S. The fourth-order valence-corrected chi connectivity index (χ4v) is 6.23. The molecule has 2 aliphatic heterocycles. The maximum atomic E-state index is 14.4. The molecule has 1 saturated heterocycles. The Bertz CT molecular complexity index is 1460. The summed E-state index contributed by atoms with van der Waals surface area (Å²) in [7, 11) is -1.58. The second-order valence-corrected chi connectivity index (χ2v) is 11.1. The van der Waals surface area contributed by atoms with Crippen LogP contribution in [0.25, 0.3) is 11.3 Å². The van der Waals surface area contributed by atoms with Gasteiger partial charge in [0.05, 0.1) is 33.7 Å². The van der Waals surface area contributed by atoms with Crippen LogP contribution in [0.2, 0.25) is 5.02 Å². The maximum Gasteiger partial charge on any atom is 0.256 e. The molecule has 12 heteroatoms. The summed E-state index contributed by atoms with van der Waals surface area (Å²) in [5, 5.41) is 4.49. The van der Waals surface area contributed by atoms with Gasteiger partial charge in [-0.1, -0.05) is 11.6 Å². The third-order valence-electron chi connectivity index (χ3n) is 6.33. The first-order valence-corrected chi connectivity index (χ1v) is 12.9. The Kier molecular flexibility index (Phi) is 5.59. The summed E-state index contributed by atoms with van der Waals surface area (Å²) in [6.45, 7) is 2.00. The lowest BCUT2D eigenvalue weighted by atomic mass is 9.95. The number of carbonyl (C=O) groups excluding carboxylic acids is 1. The van der Waals surface area contributed by atoms with Crippen molar-refractivity contribution in [3.8, 4) is 11.3 Å². The second-order valence-electron chi connectivity index (χ2n) is 8.75. The zero-order chi connectivity index (χ0) is 25.2. The minimum absolute atomic E-state index is 0.0266. The molecule has 3 aromatic rings. The lowest BCUT2D eigenvalue weighted by Gasteiger charge is -2.35. The first-order valence-electron chi connectivity index (χ1n) is 10.7. The average molecular weight is 525 g/mol. The zero-order valence-corrected chi connectivity index (χ0v) is 20.3. The van der Waals surface area contributed by atoms with Crippen molar-refractivity contribution in [1.82, 2.24) is 14.7 Å². The van der Waals surface area contributed by atoms with Gasteiger partial charge >= 0.3 is 0 Å². The normalized spacial score (nSPS) is 18.9. The molecule has 1 fully saturated rings. The number of fused-ring (bicyclic) bond motifs is 1. The molecule has 2 aromatic carbocycles. The van der Waals surface area contributed by atoms with Crippen LogP contribution in [0.3, 0.4) is 0 Å². The van der Waals surface area contributed by atoms with Crippen molar-refractivity contribution >= 4 is 33.0 Å². The van der Waals surface area contributed by atoms with Gasteiger partial charge in [-0.2, -0.15) is 5.10 Å². The van der Waals surface area contributed by atoms with Gasteiger partial charge in [-0.15, -0.1) is 0 Å². The number of carbonyl (C=O) groups is 1. The molecule has 1 aromatic heterocycles. The zero-order valence-electron chi connectivity index (χ0n) is 18.7. The monoisotopic (exact) mass is 524 g/mol. The largest absolute Gasteiger partial charge is 0.341 e. The van der Waals surface area contributed by atoms with Crippen molar-refractivity contribution in [2.75, 3.05) is 23.2 Å². The quantitative estimate of drug-likeness (QED) is 0.516. The Balaban J connectivity index is 1.49. The van der Waals surface area contributed by atoms with Crippen molar-refractivity contribution in [2.24, 2.45) is 7.05 Å². The number of anilines is 1. The molecule has 0 bridgehead atoms. The summed E-state index contributed by atoms with van der Waals surface area (Å²) in [5.74, 6) is -3.25. The minimum Gasteiger partial charge on any atom is -0.341 e. The summed E-state index contributed by atoms with van der Waals surface area (Å²) in [6.07, 6.45) is 0.358. The number of amides is 1. The summed E-state index contributed by atoms with van der Waals surface area (Å²) in [6, 6.07) is 4.86. The van der Waals surface area contributed by atoms with Gasteiger partial charge in [0.1, 0.15) is 29.2 Å². The molecule has 5 rings (SSSR count). The van der Waals surface area contributed by atoms with Crippen molar-refractivity contribution in [2.45, 2.75) is 19.4 Å². The highest BCUT2D eigenvalue weighted by molar-refractivity contribution is 7.93. The van der Waals surface area contributed by atoms with Gasteiger partial charge in [0.25, 0.3) is 5.91 Å². The number of sulfone groups is 1. The lowest BCUT2D eigenvalue weighted by Crippen LogP contribution is -2.47. The molecule has 0 aliphatic carbocycles. The number of halogens is 4. The van der Waals surface area contributed by atoms with Gasteiger partial charge in [0.15, 0.2) is 9.84 Å². The molecule has 1 unspecified atom stereocenters. The van der Waals surface area contributed by atoms with E-state index >= 15 is 0 Å². The van der Waals surface area contributed by atoms with Crippen LogP contribution in [0, 0.1) is 17.5 Å². The fraction of sp³-hybridized carbons (Fsp3) is 0.304. The summed E-state index contributed by atoms with van der Waals surface area (Å²) >= 11 is 6.44. The highest BCUT2D eigenvalue weighted by Gasteiger charge is 2.37. The molecule has 184 valence electrons. The number of nitrogens with zero attached hydrogens (tertiary/aromatic N) is 4. The molecule has 0 radical (unpaired) electrons. The smallest absolute Gasteiger partial charge is 0.256 e. The van der Waals surface area contributed by atoms with Crippen LogP contribution < -0.4 is 4.90 Å². The Morgan fingerprint density at radius 3 is 2.31 bits per heavy atom. The topological polar surface area (TPSA) is 75.5 Å². The van der Waals surface area contributed by atoms with E-state index in [1.54, 1.807) is 14.0 Å². The van der Waals surface area contributed by atoms with E-state index in [-0.39, 0.29) is 34.6 Å². The third kappa shape index (κ3) is 4.06. The van der Waals surface area contributed by atoms with Crippen LogP contribution >= 0.6 is 11.6 Å². The predicted octanol–water partition coefficient (Wildman–Crippen LogP) is 4.07. The molecule has 1 amide bonds. The first kappa shape index (κ1) is 23.7. The molecule has 0 spiro atoms. The van der Waals surface area contributed by atoms with Crippen molar-refractivity contribution in [3.63, 3.8) is 0 Å². The van der Waals surface area contributed by atoms with Crippen LogP contribution in [0.1, 0.15) is 34.6 Å². The Morgan fingerprint density at radius 1 is 1.06 bits per heavy atom. The SMILES string of the molecule is CC1c2nn(C)c(-c3cc(F)cc(F)c3)c2CCN1C(=O)c1cc(F)cc(N2CS(=O)(=O)C2)c1Cl. The summed E-state index contributed by atoms with van der Waals surface area (Å²) < 4.78 is 66.7. The van der Waals surface area contributed by atoms with Crippen molar-refractivity contribution in [3.05, 3.63) is 69.6 Å². The molecule has 3 heterocycles. The van der Waals surface area contributed by atoms with Gasteiger partial charge < -0.3 is 9.80 Å². The van der Waals surface area contributed by atoms with Gasteiger partial charge in [0.2, 0.25) is 0 Å². The van der Waals surface area contributed by atoms with Crippen LogP contribution in [0.4, 0.5) is 18.9 Å². The second kappa shape index (κ2) is 8.27. The van der Waals surface area contributed by atoms with Crippen LogP contribution in [-0.2, 0) is 23.3 Å². The lowest BCUT2D eigenvalue weighted by molar-refractivity contribution is 0.0673. The van der Waals surface area contributed by atoms with E-state index in [1.165, 1.54) is 26.6 Å². The van der Waals surface area contributed by atoms with E-state index in [0.717, 1.165) is 23.8 Å². The molecule has 0 saturated carbocycles. The van der Waals surface area contributed by atoms with E-state index in [4.69, 9.17) is 11.6 Å². The average Bonchev–Trinajstić information content (AvgIpc) is 3.09. The van der Waals surface area contributed by atoms with E-state index in [0.29, 0.717) is 23.4 Å². The van der Waals surface area contributed by atoms with Gasteiger partial charge in [-0.25, -0.2) is 21.6 Å². The Hall–Kier alpha value is -3.05. The number of aromatic nitrogens is 2. The van der Waals surface area contributed by atoms with Crippen LogP contribution in [-0.4, -0.2) is 47.3 Å². The Morgan fingerprint density at radius 2 is 1.69 bits per heavy atom. The van der Waals surface area contributed by atoms with Gasteiger partial charge in [0, 0.05) is 30.8 Å². The Labute approximate surface area is 204 Å². The summed E-state index contributed by atoms with van der Waals surface area (Å²) in [5.41, 5.74) is 2.29. The number of aryl methyl sites for hydroxylation is 1. The number of benzene rings is 2. The van der Waals surface area contributed by atoms with Crippen molar-refractivity contribution < 1.29 is 26.4 Å². The molecular weight excluding hydrogens is 505 g/mol. The summed E-state index contributed by atoms with van der Waals surface area (Å²) in [4.78, 5) is 16.3. The maximum absolute atomic E-state index is 14.4. The first-order chi connectivity index (χ1) is 16.4.